The molecule has 3 rings (SSSR count). The zero-order chi connectivity index (χ0) is 20.0. The summed E-state index contributed by atoms with van der Waals surface area (Å²) in [5, 5.41) is 0. The summed E-state index contributed by atoms with van der Waals surface area (Å²) < 4.78 is 71.2. The fraction of sp³-hybridized carbons (Fsp3) is 0.333. The number of rotatable bonds is 5. The number of sulfonamides is 1. The number of hydrogen-bond donors (Lipinski definition) is 0. The highest BCUT2D eigenvalue weighted by atomic mass is 32.2. The minimum Gasteiger partial charge on any atom is -0.408 e. The first-order valence-electron chi connectivity index (χ1n) is 7.62. The molecule has 0 aliphatic rings. The molecule has 0 fully saturated rings. The van der Waals surface area contributed by atoms with Crippen LogP contribution in [0.5, 0.6) is 0 Å². The number of oxazole rings is 1. The summed E-state index contributed by atoms with van der Waals surface area (Å²) in [5.41, 5.74) is 0.512. The number of hydrogen-bond acceptors (Lipinski definition) is 5. The second-order valence-corrected chi connectivity index (χ2v) is 7.95. The molecule has 0 aliphatic carbocycles. The molecular formula is C15H15F3N4O4S. The lowest BCUT2D eigenvalue weighted by Crippen LogP contribution is -2.29. The Morgan fingerprint density at radius 3 is 2.67 bits per heavy atom. The van der Waals surface area contributed by atoms with Crippen LogP contribution < -0.4 is 5.76 Å². The van der Waals surface area contributed by atoms with Crippen LogP contribution in [0.15, 0.2) is 44.7 Å². The molecule has 0 atom stereocenters. The molecule has 8 nitrogen and oxygen atoms in total. The monoisotopic (exact) mass is 404 g/mol. The molecule has 27 heavy (non-hydrogen) atoms. The first-order chi connectivity index (χ1) is 12.5. The Bertz CT molecular complexity index is 1140. The van der Waals surface area contributed by atoms with Crippen LogP contribution in [0.1, 0.15) is 5.82 Å². The molecule has 2 aromatic heterocycles. The van der Waals surface area contributed by atoms with Crippen LogP contribution in [0.4, 0.5) is 13.2 Å². The highest BCUT2D eigenvalue weighted by Gasteiger charge is 2.30. The van der Waals surface area contributed by atoms with Crippen LogP contribution in [0, 0.1) is 0 Å². The van der Waals surface area contributed by atoms with Crippen LogP contribution >= 0.6 is 0 Å². The second kappa shape index (κ2) is 6.53. The number of fused-ring (bicyclic) bond motifs is 1. The van der Waals surface area contributed by atoms with Gasteiger partial charge in [-0.25, -0.2) is 18.2 Å². The molecular weight excluding hydrogens is 389 g/mol. The van der Waals surface area contributed by atoms with Gasteiger partial charge >= 0.3 is 11.9 Å². The molecule has 12 heteroatoms. The van der Waals surface area contributed by atoms with Crippen LogP contribution in [0.2, 0.25) is 0 Å². The van der Waals surface area contributed by atoms with E-state index in [1.54, 1.807) is 0 Å². The summed E-state index contributed by atoms with van der Waals surface area (Å²) >= 11 is 0. The predicted octanol–water partition coefficient (Wildman–Crippen LogP) is 1.71. The Morgan fingerprint density at radius 2 is 2.00 bits per heavy atom. The van der Waals surface area contributed by atoms with E-state index < -0.39 is 28.5 Å². The van der Waals surface area contributed by atoms with E-state index in [-0.39, 0.29) is 22.8 Å². The molecule has 0 aliphatic heterocycles. The molecule has 3 aromatic rings. The van der Waals surface area contributed by atoms with Crippen LogP contribution in [-0.4, -0.2) is 40.1 Å². The van der Waals surface area contributed by atoms with Crippen molar-refractivity contribution < 1.29 is 26.0 Å². The number of benzene rings is 1. The van der Waals surface area contributed by atoms with E-state index >= 15 is 0 Å². The lowest BCUT2D eigenvalue weighted by atomic mass is 10.3. The van der Waals surface area contributed by atoms with Gasteiger partial charge in [0, 0.05) is 32.6 Å². The van der Waals surface area contributed by atoms with Crippen molar-refractivity contribution in [3.8, 4) is 0 Å². The van der Waals surface area contributed by atoms with Crippen LogP contribution in [-0.2, 0) is 30.2 Å². The number of aromatic nitrogens is 3. The van der Waals surface area contributed by atoms with E-state index in [0.717, 1.165) is 15.1 Å². The lowest BCUT2D eigenvalue weighted by Gasteiger charge is -2.18. The highest BCUT2D eigenvalue weighted by molar-refractivity contribution is 7.89. The zero-order valence-electron chi connectivity index (χ0n) is 14.3. The maximum absolute atomic E-state index is 12.7. The molecule has 1 aromatic carbocycles. The van der Waals surface area contributed by atoms with Gasteiger partial charge in [0.05, 0.1) is 17.0 Å². The van der Waals surface area contributed by atoms with Crippen molar-refractivity contribution in [2.45, 2.75) is 24.2 Å². The summed E-state index contributed by atoms with van der Waals surface area (Å²) in [6.45, 7) is -1.63. The third kappa shape index (κ3) is 3.76. The molecule has 0 spiro atoms. The van der Waals surface area contributed by atoms with Gasteiger partial charge in [-0.05, 0) is 12.1 Å². The van der Waals surface area contributed by atoms with Crippen molar-refractivity contribution in [2.75, 3.05) is 7.05 Å². The topological polar surface area (TPSA) is 90.3 Å². The smallest absolute Gasteiger partial charge is 0.408 e. The summed E-state index contributed by atoms with van der Waals surface area (Å²) in [5.74, 6) is -0.687. The Morgan fingerprint density at radius 1 is 1.30 bits per heavy atom. The normalized spacial score (nSPS) is 13.0. The summed E-state index contributed by atoms with van der Waals surface area (Å²) in [4.78, 5) is 15.2. The van der Waals surface area contributed by atoms with Crippen molar-refractivity contribution in [3.63, 3.8) is 0 Å². The number of halogens is 3. The van der Waals surface area contributed by atoms with Crippen molar-refractivity contribution in [1.82, 2.24) is 18.4 Å². The van der Waals surface area contributed by atoms with Crippen LogP contribution in [0.25, 0.3) is 11.1 Å². The molecule has 0 bridgehead atoms. The van der Waals surface area contributed by atoms with Gasteiger partial charge in [0.25, 0.3) is 0 Å². The van der Waals surface area contributed by atoms with Gasteiger partial charge < -0.3 is 8.98 Å². The molecule has 0 unspecified atom stereocenters. The third-order valence-electron chi connectivity index (χ3n) is 3.99. The fourth-order valence-electron chi connectivity index (χ4n) is 2.57. The third-order valence-corrected chi connectivity index (χ3v) is 5.79. The Labute approximate surface area is 151 Å². The molecule has 0 radical (unpaired) electrons. The second-order valence-electron chi connectivity index (χ2n) is 5.90. The van der Waals surface area contributed by atoms with Crippen molar-refractivity contribution in [1.29, 1.82) is 0 Å². The van der Waals surface area contributed by atoms with E-state index in [9.17, 15) is 26.4 Å². The van der Waals surface area contributed by atoms with Crippen molar-refractivity contribution in [2.24, 2.45) is 7.05 Å². The fourth-order valence-corrected chi connectivity index (χ4v) is 3.71. The summed E-state index contributed by atoms with van der Waals surface area (Å²) in [6.07, 6.45) is -2.15. The number of aryl methyl sites for hydroxylation is 1. The van der Waals surface area contributed by atoms with Crippen molar-refractivity contribution >= 4 is 21.1 Å². The minimum absolute atomic E-state index is 0.0503. The van der Waals surface area contributed by atoms with Gasteiger partial charge in [-0.2, -0.15) is 17.5 Å². The van der Waals surface area contributed by atoms with Gasteiger partial charge in [0.15, 0.2) is 5.58 Å². The SMILES string of the molecule is CN(Cc1nccn1CC(F)(F)F)S(=O)(=O)c1ccc2c(c1)oc(=O)n2C. The quantitative estimate of drug-likeness (QED) is 0.646. The highest BCUT2D eigenvalue weighted by Crippen LogP contribution is 2.23. The molecule has 0 amide bonds. The number of nitrogens with zero attached hydrogens (tertiary/aromatic N) is 4. The zero-order valence-corrected chi connectivity index (χ0v) is 15.1. The van der Waals surface area contributed by atoms with Gasteiger partial charge in [-0.3, -0.25) is 4.57 Å². The van der Waals surface area contributed by atoms with Gasteiger partial charge in [0.2, 0.25) is 10.0 Å². The molecule has 0 N–H and O–H groups in total. The minimum atomic E-state index is -4.46. The van der Waals surface area contributed by atoms with E-state index in [0.29, 0.717) is 5.52 Å². The van der Waals surface area contributed by atoms with Gasteiger partial charge in [-0.1, -0.05) is 0 Å². The average Bonchev–Trinajstić information content (AvgIpc) is 3.10. The van der Waals surface area contributed by atoms with E-state index in [1.165, 1.54) is 43.1 Å². The summed E-state index contributed by atoms with van der Waals surface area (Å²) in [6, 6.07) is 3.92. The molecule has 0 saturated carbocycles. The van der Waals surface area contributed by atoms with Gasteiger partial charge in [-0.15, -0.1) is 0 Å². The largest absolute Gasteiger partial charge is 0.419 e. The maximum atomic E-state index is 12.7. The van der Waals surface area contributed by atoms with Crippen molar-refractivity contribution in [3.05, 3.63) is 47.0 Å². The standard InChI is InChI=1S/C15H15F3N4O4S/c1-20(8-13-19-5-6-22(13)9-15(16,17)18)27(24,25)10-3-4-11-12(7-10)26-14(23)21(11)2/h3-7H,8-9H2,1-2H3. The predicted molar refractivity (Wildman–Crippen MR) is 88.4 cm³/mol. The van der Waals surface area contributed by atoms with E-state index in [2.05, 4.69) is 4.98 Å². The maximum Gasteiger partial charge on any atom is 0.419 e. The Balaban J connectivity index is 1.89. The molecule has 146 valence electrons. The average molecular weight is 404 g/mol. The van der Waals surface area contributed by atoms with E-state index in [1.807, 2.05) is 0 Å². The first kappa shape index (κ1) is 19.2. The molecule has 2 heterocycles. The van der Waals surface area contributed by atoms with Crippen LogP contribution in [0.3, 0.4) is 0 Å². The lowest BCUT2D eigenvalue weighted by molar-refractivity contribution is -0.141. The van der Waals surface area contributed by atoms with E-state index in [4.69, 9.17) is 4.42 Å². The Kier molecular flexibility index (Phi) is 4.64. The first-order valence-corrected chi connectivity index (χ1v) is 9.06. The number of imidazole rings is 1. The number of alkyl halides is 3. The Hall–Kier alpha value is -2.60. The van der Waals surface area contributed by atoms with Gasteiger partial charge in [0.1, 0.15) is 12.4 Å². The molecule has 0 saturated heterocycles. The summed E-state index contributed by atoms with van der Waals surface area (Å²) in [7, 11) is -1.33.